The molecule has 0 radical (unpaired) electrons. The summed E-state index contributed by atoms with van der Waals surface area (Å²) in [6.07, 6.45) is 13.9. The van der Waals surface area contributed by atoms with Crippen LogP contribution in [0.1, 0.15) is 77.6 Å². The van der Waals surface area contributed by atoms with Crippen molar-refractivity contribution in [2.75, 3.05) is 6.61 Å². The molecule has 3 nitrogen and oxygen atoms in total. The average Bonchev–Trinajstić information content (AvgIpc) is 2.30. The molecule has 0 aromatic rings. The van der Waals surface area contributed by atoms with E-state index in [1.165, 1.54) is 57.8 Å². The molecular weight excluding hydrogens is 354 g/mol. The van der Waals surface area contributed by atoms with Crippen LogP contribution in [-0.2, 0) is 4.52 Å². The van der Waals surface area contributed by atoms with Crippen molar-refractivity contribution >= 4 is 32.5 Å². The van der Waals surface area contributed by atoms with Gasteiger partial charge in [0.05, 0.1) is 0 Å². The Morgan fingerprint density at radius 3 is 1.50 bits per heavy atom. The van der Waals surface area contributed by atoms with Crippen LogP contribution in [0.4, 0.5) is 0 Å². The first-order chi connectivity index (χ1) is 8.27. The summed E-state index contributed by atoms with van der Waals surface area (Å²) in [5, 5.41) is 0. The average molecular weight is 383 g/mol. The van der Waals surface area contributed by atoms with Gasteiger partial charge in [-0.15, -0.1) is 0 Å². The van der Waals surface area contributed by atoms with Crippen LogP contribution in [0.25, 0.3) is 0 Å². The maximum atomic E-state index is 10.1. The first kappa shape index (κ1) is 21.4. The molecule has 0 aromatic heterocycles. The van der Waals surface area contributed by atoms with Crippen LogP contribution in [0.2, 0.25) is 0 Å². The van der Waals surface area contributed by atoms with E-state index in [1.54, 1.807) is 0 Å². The molecule has 0 aliphatic carbocycles. The third-order valence-corrected chi connectivity index (χ3v) is 3.34. The summed E-state index contributed by atoms with van der Waals surface area (Å²) >= 11 is 0. The van der Waals surface area contributed by atoms with Crippen molar-refractivity contribution in [3.8, 4) is 0 Å². The molecule has 0 spiro atoms. The molecule has 0 amide bonds. The predicted molar refractivity (Wildman–Crippen MR) is 77.9 cm³/mol. The van der Waals surface area contributed by atoms with Gasteiger partial charge in [0.2, 0.25) is 0 Å². The van der Waals surface area contributed by atoms with Gasteiger partial charge in [0, 0.05) is 6.61 Å². The summed E-state index contributed by atoms with van der Waals surface area (Å²) in [4.78, 5) is 20.2. The molecule has 0 aromatic carbocycles. The molecule has 18 heavy (non-hydrogen) atoms. The van der Waals surface area contributed by atoms with Gasteiger partial charge in [0.1, 0.15) is 0 Å². The van der Waals surface area contributed by atoms with Gasteiger partial charge in [0.15, 0.2) is 0 Å². The zero-order valence-corrected chi connectivity index (χ0v) is 16.8. The molecule has 0 N–H and O–H groups in total. The van der Waals surface area contributed by atoms with Crippen molar-refractivity contribution in [2.24, 2.45) is 0 Å². The standard InChI is InChI=1S/C13H27O3P.Sn.2H/c1-2-3-4-5-6-7-8-9-10-11-12-13-16-17(14)15;;;/h2-13H2,1H3;;;/q-2;+2;;. The number of hydrogen-bond acceptors (Lipinski definition) is 3. The van der Waals surface area contributed by atoms with E-state index in [2.05, 4.69) is 11.4 Å². The molecule has 5 heteroatoms. The molecule has 0 aliphatic rings. The van der Waals surface area contributed by atoms with Crippen LogP contribution < -0.4 is 9.79 Å². The van der Waals surface area contributed by atoms with E-state index >= 15 is 0 Å². The summed E-state index contributed by atoms with van der Waals surface area (Å²) in [7, 11) is -2.64. The molecule has 0 saturated carbocycles. The summed E-state index contributed by atoms with van der Waals surface area (Å²) in [6, 6.07) is 0. The van der Waals surface area contributed by atoms with Crippen LogP contribution in [0.5, 0.6) is 0 Å². The SMILES string of the molecule is CCCCCCCCCCCCCOP([O-])[O-].[SnH2+2]. The Morgan fingerprint density at radius 2 is 1.11 bits per heavy atom. The Morgan fingerprint density at radius 1 is 0.722 bits per heavy atom. The molecule has 0 heterocycles. The van der Waals surface area contributed by atoms with Crippen LogP contribution in [0.15, 0.2) is 0 Å². The van der Waals surface area contributed by atoms with E-state index in [4.69, 9.17) is 0 Å². The Labute approximate surface area is 131 Å². The Kier molecular flexibility index (Phi) is 21.5. The first-order valence-electron chi connectivity index (χ1n) is 7.04. The van der Waals surface area contributed by atoms with Crippen LogP contribution in [0, 0.1) is 0 Å². The van der Waals surface area contributed by atoms with Gasteiger partial charge < -0.3 is 14.3 Å². The Bertz CT molecular complexity index is 148. The summed E-state index contributed by atoms with van der Waals surface area (Å²) < 4.78 is 4.48. The fraction of sp³-hybridized carbons (Fsp3) is 1.00. The fourth-order valence-corrected chi connectivity index (χ4v) is 2.18. The van der Waals surface area contributed by atoms with Crippen LogP contribution in [0.3, 0.4) is 0 Å². The number of rotatable bonds is 13. The van der Waals surface area contributed by atoms with E-state index in [9.17, 15) is 9.79 Å². The monoisotopic (exact) mass is 384 g/mol. The third-order valence-electron chi connectivity index (χ3n) is 2.94. The van der Waals surface area contributed by atoms with E-state index < -0.39 is 8.60 Å². The van der Waals surface area contributed by atoms with Crippen molar-refractivity contribution < 1.29 is 14.3 Å². The molecule has 0 aliphatic heterocycles. The minimum atomic E-state index is -2.64. The number of hydrogen-bond donors (Lipinski definition) is 0. The normalized spacial score (nSPS) is 10.7. The molecule has 108 valence electrons. The molecular formula is C13H29O3PSn. The van der Waals surface area contributed by atoms with E-state index in [0.717, 1.165) is 12.8 Å². The van der Waals surface area contributed by atoms with Crippen LogP contribution in [-0.4, -0.2) is 30.5 Å². The Balaban J connectivity index is 0. The van der Waals surface area contributed by atoms with Crippen molar-refractivity contribution in [1.29, 1.82) is 0 Å². The third kappa shape index (κ3) is 19.4. The van der Waals surface area contributed by atoms with E-state index in [1.807, 2.05) is 0 Å². The second kappa shape index (κ2) is 18.1. The van der Waals surface area contributed by atoms with Gasteiger partial charge in [0.25, 0.3) is 0 Å². The molecule has 0 rings (SSSR count). The van der Waals surface area contributed by atoms with Crippen molar-refractivity contribution in [3.63, 3.8) is 0 Å². The molecule has 0 fully saturated rings. The van der Waals surface area contributed by atoms with Gasteiger partial charge >= 0.3 is 23.9 Å². The summed E-state index contributed by atoms with van der Waals surface area (Å²) in [5.41, 5.74) is 0. The van der Waals surface area contributed by atoms with Crippen LogP contribution >= 0.6 is 8.60 Å². The van der Waals surface area contributed by atoms with E-state index in [-0.39, 0.29) is 23.9 Å². The minimum absolute atomic E-state index is 0. The zero-order valence-electron chi connectivity index (χ0n) is 11.9. The quantitative estimate of drug-likeness (QED) is 0.279. The van der Waals surface area contributed by atoms with Gasteiger partial charge in [-0.3, -0.25) is 0 Å². The second-order valence-electron chi connectivity index (χ2n) is 4.59. The predicted octanol–water partition coefficient (Wildman–Crippen LogP) is 2.35. The number of unbranched alkanes of at least 4 members (excludes halogenated alkanes) is 10. The maximum absolute atomic E-state index is 10.1. The van der Waals surface area contributed by atoms with E-state index in [0.29, 0.717) is 6.61 Å². The Hall–Kier alpha value is 1.11. The fourth-order valence-electron chi connectivity index (χ4n) is 1.91. The molecule has 0 unspecified atom stereocenters. The molecule has 0 atom stereocenters. The van der Waals surface area contributed by atoms with Gasteiger partial charge in [-0.05, 0) is 6.42 Å². The topological polar surface area (TPSA) is 55.3 Å². The first-order valence-corrected chi connectivity index (χ1v) is 8.14. The van der Waals surface area contributed by atoms with Crippen molar-refractivity contribution in [1.82, 2.24) is 0 Å². The van der Waals surface area contributed by atoms with Crippen molar-refractivity contribution in [3.05, 3.63) is 0 Å². The second-order valence-corrected chi connectivity index (χ2v) is 5.30. The summed E-state index contributed by atoms with van der Waals surface area (Å²) in [5.74, 6) is 0. The summed E-state index contributed by atoms with van der Waals surface area (Å²) in [6.45, 7) is 2.60. The zero-order chi connectivity index (χ0) is 12.8. The van der Waals surface area contributed by atoms with Gasteiger partial charge in [-0.1, -0.05) is 71.1 Å². The molecule has 0 bridgehead atoms. The van der Waals surface area contributed by atoms with Gasteiger partial charge in [-0.25, -0.2) is 0 Å². The molecule has 0 saturated heterocycles. The van der Waals surface area contributed by atoms with Crippen molar-refractivity contribution in [2.45, 2.75) is 77.6 Å². The van der Waals surface area contributed by atoms with Gasteiger partial charge in [-0.2, -0.15) is 8.60 Å².